The maximum atomic E-state index is 3.99. The van der Waals surface area contributed by atoms with Gasteiger partial charge in [-0.15, -0.1) is 0 Å². The summed E-state index contributed by atoms with van der Waals surface area (Å²) in [4.78, 5) is 0. The van der Waals surface area contributed by atoms with Crippen molar-refractivity contribution in [2.45, 2.75) is 40.5 Å². The lowest BCUT2D eigenvalue weighted by Gasteiger charge is -2.23. The normalized spacial score (nSPS) is 11.3. The van der Waals surface area contributed by atoms with E-state index in [-0.39, 0.29) is 5.41 Å². The molecule has 0 fully saturated rings. The maximum absolute atomic E-state index is 3.99. The van der Waals surface area contributed by atoms with Gasteiger partial charge in [0, 0.05) is 17.7 Å². The number of hydrogen-bond acceptors (Lipinski definition) is 1. The number of hydrogen-bond donors (Lipinski definition) is 1. The van der Waals surface area contributed by atoms with E-state index in [0.29, 0.717) is 0 Å². The molecule has 0 rings (SSSR count). The van der Waals surface area contributed by atoms with Crippen LogP contribution < -0.4 is 5.32 Å². The molecular formula is C10H21N. The fourth-order valence-corrected chi connectivity index (χ4v) is 0.681. The summed E-state index contributed by atoms with van der Waals surface area (Å²) < 4.78 is 0. The summed E-state index contributed by atoms with van der Waals surface area (Å²) in [6, 6.07) is 0. The fraction of sp³-hybridized carbons (Fsp3) is 0.800. The molecule has 0 saturated carbocycles. The van der Waals surface area contributed by atoms with Gasteiger partial charge in [-0.2, -0.15) is 0 Å². The van der Waals surface area contributed by atoms with Gasteiger partial charge in [-0.25, -0.2) is 0 Å². The van der Waals surface area contributed by atoms with Crippen LogP contribution in [-0.4, -0.2) is 6.54 Å². The SMILES string of the molecule is C=C(NCCCC)C(C)(C)C. The summed E-state index contributed by atoms with van der Waals surface area (Å²) in [5, 5.41) is 3.33. The van der Waals surface area contributed by atoms with E-state index < -0.39 is 0 Å². The van der Waals surface area contributed by atoms with Crippen molar-refractivity contribution in [1.82, 2.24) is 5.32 Å². The molecule has 0 spiro atoms. The van der Waals surface area contributed by atoms with Crippen LogP contribution in [-0.2, 0) is 0 Å². The number of nitrogens with one attached hydrogen (secondary N) is 1. The van der Waals surface area contributed by atoms with Gasteiger partial charge in [0.2, 0.25) is 0 Å². The van der Waals surface area contributed by atoms with Gasteiger partial charge in [-0.3, -0.25) is 0 Å². The van der Waals surface area contributed by atoms with Crippen LogP contribution in [0.5, 0.6) is 0 Å². The molecule has 0 radical (unpaired) electrons. The molecule has 0 saturated heterocycles. The van der Waals surface area contributed by atoms with Gasteiger partial charge in [-0.05, 0) is 6.42 Å². The minimum absolute atomic E-state index is 0.202. The van der Waals surface area contributed by atoms with E-state index in [2.05, 4.69) is 39.6 Å². The summed E-state index contributed by atoms with van der Waals surface area (Å²) in [5.74, 6) is 0. The molecule has 66 valence electrons. The highest BCUT2D eigenvalue weighted by Crippen LogP contribution is 2.20. The van der Waals surface area contributed by atoms with Crippen LogP contribution in [0.3, 0.4) is 0 Å². The highest BCUT2D eigenvalue weighted by molar-refractivity contribution is 5.01. The number of unbranched alkanes of at least 4 members (excludes halogenated alkanes) is 1. The highest BCUT2D eigenvalue weighted by atomic mass is 14.9. The van der Waals surface area contributed by atoms with Gasteiger partial charge in [0.1, 0.15) is 0 Å². The van der Waals surface area contributed by atoms with E-state index in [1.807, 2.05) is 0 Å². The fourth-order valence-electron chi connectivity index (χ4n) is 0.681. The van der Waals surface area contributed by atoms with E-state index in [1.165, 1.54) is 12.8 Å². The summed E-state index contributed by atoms with van der Waals surface area (Å²) in [6.07, 6.45) is 2.47. The van der Waals surface area contributed by atoms with Crippen LogP contribution in [0.4, 0.5) is 0 Å². The van der Waals surface area contributed by atoms with Crippen LogP contribution in [0.2, 0.25) is 0 Å². The lowest BCUT2D eigenvalue weighted by molar-refractivity contribution is 0.459. The zero-order valence-electron chi connectivity index (χ0n) is 8.33. The Hall–Kier alpha value is -0.460. The largest absolute Gasteiger partial charge is 0.388 e. The molecule has 0 bridgehead atoms. The zero-order chi connectivity index (χ0) is 8.91. The van der Waals surface area contributed by atoms with Gasteiger partial charge >= 0.3 is 0 Å². The lowest BCUT2D eigenvalue weighted by Crippen LogP contribution is -2.24. The summed E-state index contributed by atoms with van der Waals surface area (Å²) >= 11 is 0. The standard InChI is InChI=1S/C10H21N/c1-6-7-8-11-9(2)10(3,4)5/h11H,2,6-8H2,1,3-5H3. The Balaban J connectivity index is 3.54. The molecule has 1 N–H and O–H groups in total. The second-order valence-electron chi connectivity index (χ2n) is 4.01. The van der Waals surface area contributed by atoms with Crippen molar-refractivity contribution >= 4 is 0 Å². The topological polar surface area (TPSA) is 12.0 Å². The molecule has 0 atom stereocenters. The highest BCUT2D eigenvalue weighted by Gasteiger charge is 2.13. The molecule has 0 aromatic heterocycles. The van der Waals surface area contributed by atoms with Crippen molar-refractivity contribution in [3.05, 3.63) is 12.3 Å². The molecule has 0 aliphatic rings. The van der Waals surface area contributed by atoms with Crippen LogP contribution in [0.25, 0.3) is 0 Å². The molecule has 0 aliphatic heterocycles. The molecule has 1 nitrogen and oxygen atoms in total. The molecule has 0 unspecified atom stereocenters. The summed E-state index contributed by atoms with van der Waals surface area (Å²) in [7, 11) is 0. The van der Waals surface area contributed by atoms with Crippen molar-refractivity contribution < 1.29 is 0 Å². The number of allylic oxidation sites excluding steroid dienone is 1. The first kappa shape index (κ1) is 10.5. The Bertz CT molecular complexity index is 119. The van der Waals surface area contributed by atoms with Gasteiger partial charge in [-0.1, -0.05) is 40.7 Å². The van der Waals surface area contributed by atoms with Gasteiger partial charge in [0.25, 0.3) is 0 Å². The van der Waals surface area contributed by atoms with E-state index >= 15 is 0 Å². The predicted octanol–water partition coefficient (Wildman–Crippen LogP) is 2.94. The van der Waals surface area contributed by atoms with E-state index in [0.717, 1.165) is 12.2 Å². The summed E-state index contributed by atoms with van der Waals surface area (Å²) in [6.45, 7) is 13.8. The first-order valence-corrected chi connectivity index (χ1v) is 4.41. The minimum Gasteiger partial charge on any atom is -0.388 e. The molecular weight excluding hydrogens is 134 g/mol. The number of rotatable bonds is 4. The van der Waals surface area contributed by atoms with Gasteiger partial charge in [0.15, 0.2) is 0 Å². The Kier molecular flexibility index (Phi) is 4.24. The third-order valence-corrected chi connectivity index (χ3v) is 1.77. The molecule has 0 aromatic carbocycles. The van der Waals surface area contributed by atoms with Crippen molar-refractivity contribution in [2.75, 3.05) is 6.54 Å². The van der Waals surface area contributed by atoms with Crippen LogP contribution in [0, 0.1) is 5.41 Å². The zero-order valence-corrected chi connectivity index (χ0v) is 8.33. The van der Waals surface area contributed by atoms with E-state index in [1.54, 1.807) is 0 Å². The molecule has 0 aromatic rings. The third kappa shape index (κ3) is 4.88. The molecule has 0 amide bonds. The van der Waals surface area contributed by atoms with Crippen LogP contribution >= 0.6 is 0 Å². The van der Waals surface area contributed by atoms with Gasteiger partial charge < -0.3 is 5.32 Å². The third-order valence-electron chi connectivity index (χ3n) is 1.77. The van der Waals surface area contributed by atoms with E-state index in [4.69, 9.17) is 0 Å². The summed E-state index contributed by atoms with van der Waals surface area (Å²) in [5.41, 5.74) is 1.35. The maximum Gasteiger partial charge on any atom is 0.0143 e. The van der Waals surface area contributed by atoms with Crippen molar-refractivity contribution in [1.29, 1.82) is 0 Å². The van der Waals surface area contributed by atoms with Crippen LogP contribution in [0.15, 0.2) is 12.3 Å². The first-order valence-electron chi connectivity index (χ1n) is 4.41. The van der Waals surface area contributed by atoms with Gasteiger partial charge in [0.05, 0.1) is 0 Å². The second kappa shape index (κ2) is 4.42. The Morgan fingerprint density at radius 1 is 1.36 bits per heavy atom. The minimum atomic E-state index is 0.202. The predicted molar refractivity (Wildman–Crippen MR) is 51.5 cm³/mol. The van der Waals surface area contributed by atoms with Crippen molar-refractivity contribution in [3.8, 4) is 0 Å². The monoisotopic (exact) mass is 155 g/mol. The molecule has 0 aliphatic carbocycles. The Labute approximate surface area is 70.9 Å². The Morgan fingerprint density at radius 3 is 2.27 bits per heavy atom. The molecule has 11 heavy (non-hydrogen) atoms. The second-order valence-corrected chi connectivity index (χ2v) is 4.01. The Morgan fingerprint density at radius 2 is 1.91 bits per heavy atom. The lowest BCUT2D eigenvalue weighted by atomic mass is 9.93. The van der Waals surface area contributed by atoms with E-state index in [9.17, 15) is 0 Å². The average molecular weight is 155 g/mol. The molecule has 0 heterocycles. The smallest absolute Gasteiger partial charge is 0.0143 e. The first-order chi connectivity index (χ1) is 4.98. The quantitative estimate of drug-likeness (QED) is 0.615. The average Bonchev–Trinajstić information content (AvgIpc) is 1.86. The van der Waals surface area contributed by atoms with Crippen molar-refractivity contribution in [2.24, 2.45) is 5.41 Å². The van der Waals surface area contributed by atoms with Crippen molar-refractivity contribution in [3.63, 3.8) is 0 Å². The molecule has 1 heteroatoms. The van der Waals surface area contributed by atoms with Crippen LogP contribution in [0.1, 0.15) is 40.5 Å².